The molecule has 0 saturated heterocycles. The van der Waals surface area contributed by atoms with Crippen molar-refractivity contribution in [2.75, 3.05) is 13.7 Å². The van der Waals surface area contributed by atoms with Crippen molar-refractivity contribution < 1.29 is 27.4 Å². The van der Waals surface area contributed by atoms with Gasteiger partial charge in [-0.2, -0.15) is 13.2 Å². The molecule has 2 rings (SSSR count). The van der Waals surface area contributed by atoms with Gasteiger partial charge in [0.2, 0.25) is 5.88 Å². The van der Waals surface area contributed by atoms with Gasteiger partial charge in [0.1, 0.15) is 5.75 Å². The smallest absolute Gasteiger partial charge is 0.422 e. The summed E-state index contributed by atoms with van der Waals surface area (Å²) in [6.07, 6.45) is -3.27. The molecule has 5 nitrogen and oxygen atoms in total. The molecule has 0 spiro atoms. The first-order valence-electron chi connectivity index (χ1n) is 6.94. The molecule has 0 unspecified atom stereocenters. The van der Waals surface area contributed by atoms with Crippen LogP contribution in [0.4, 0.5) is 13.2 Å². The van der Waals surface area contributed by atoms with Gasteiger partial charge in [0, 0.05) is 18.8 Å². The van der Waals surface area contributed by atoms with Crippen LogP contribution in [0.3, 0.4) is 0 Å². The van der Waals surface area contributed by atoms with Crippen molar-refractivity contribution in [2.45, 2.75) is 12.7 Å². The summed E-state index contributed by atoms with van der Waals surface area (Å²) in [6, 6.07) is 9.73. The van der Waals surface area contributed by atoms with Crippen LogP contribution in [0.1, 0.15) is 15.9 Å². The van der Waals surface area contributed by atoms with Gasteiger partial charge in [-0.3, -0.25) is 4.79 Å². The topological polar surface area (TPSA) is 60.5 Å². The number of rotatable bonds is 6. The van der Waals surface area contributed by atoms with Crippen molar-refractivity contribution in [2.24, 2.45) is 0 Å². The first-order chi connectivity index (χ1) is 11.4. The fourth-order valence-corrected chi connectivity index (χ4v) is 1.78. The molecule has 1 aromatic heterocycles. The molecule has 128 valence electrons. The van der Waals surface area contributed by atoms with Crippen LogP contribution in [-0.4, -0.2) is 30.8 Å². The molecule has 0 aliphatic heterocycles. The third-order valence-corrected chi connectivity index (χ3v) is 2.99. The summed E-state index contributed by atoms with van der Waals surface area (Å²) in [5.74, 6) is 0.128. The Morgan fingerprint density at radius 2 is 1.88 bits per heavy atom. The highest BCUT2D eigenvalue weighted by Gasteiger charge is 2.28. The molecule has 24 heavy (non-hydrogen) atoms. The lowest BCUT2D eigenvalue weighted by molar-refractivity contribution is -0.154. The second-order valence-corrected chi connectivity index (χ2v) is 4.82. The quantitative estimate of drug-likeness (QED) is 0.878. The van der Waals surface area contributed by atoms with Gasteiger partial charge in [-0.1, -0.05) is 12.1 Å². The molecule has 0 atom stereocenters. The SMILES string of the molecule is COc1ccc(CNC(=O)c2ccc(OCC(F)(F)F)nc2)cc1. The number of pyridine rings is 1. The van der Waals surface area contributed by atoms with Crippen LogP contribution in [0.25, 0.3) is 0 Å². The molecule has 2 aromatic rings. The number of carbonyl (C=O) groups is 1. The van der Waals surface area contributed by atoms with E-state index in [-0.39, 0.29) is 17.4 Å². The lowest BCUT2D eigenvalue weighted by atomic mass is 10.2. The second kappa shape index (κ2) is 7.67. The average molecular weight is 340 g/mol. The number of hydrogen-bond donors (Lipinski definition) is 1. The zero-order valence-corrected chi connectivity index (χ0v) is 12.8. The van der Waals surface area contributed by atoms with Crippen molar-refractivity contribution in [3.63, 3.8) is 0 Å². The molecule has 1 amide bonds. The van der Waals surface area contributed by atoms with Gasteiger partial charge in [-0.25, -0.2) is 4.98 Å². The van der Waals surface area contributed by atoms with Gasteiger partial charge < -0.3 is 14.8 Å². The summed E-state index contributed by atoms with van der Waals surface area (Å²) < 4.78 is 45.6. The molecular weight excluding hydrogens is 325 g/mol. The van der Waals surface area contributed by atoms with Crippen molar-refractivity contribution in [3.05, 3.63) is 53.7 Å². The maximum atomic E-state index is 12.0. The summed E-state index contributed by atoms with van der Waals surface area (Å²) in [5.41, 5.74) is 1.10. The van der Waals surface area contributed by atoms with E-state index in [1.165, 1.54) is 12.1 Å². The van der Waals surface area contributed by atoms with Crippen LogP contribution in [-0.2, 0) is 6.54 Å². The Balaban J connectivity index is 1.87. The number of amides is 1. The molecule has 1 heterocycles. The number of carbonyl (C=O) groups excluding carboxylic acids is 1. The third kappa shape index (κ3) is 5.45. The van der Waals surface area contributed by atoms with Gasteiger partial charge in [0.15, 0.2) is 6.61 Å². The Kier molecular flexibility index (Phi) is 5.62. The second-order valence-electron chi connectivity index (χ2n) is 4.82. The summed E-state index contributed by atoms with van der Waals surface area (Å²) >= 11 is 0. The van der Waals surface area contributed by atoms with Crippen LogP contribution in [0.15, 0.2) is 42.6 Å². The standard InChI is InChI=1S/C16H15F3N2O3/c1-23-13-5-2-11(3-6-13)8-21-15(22)12-4-7-14(20-9-12)24-10-16(17,18)19/h2-7,9H,8,10H2,1H3,(H,21,22). The Hall–Kier alpha value is -2.77. The number of benzene rings is 1. The van der Waals surface area contributed by atoms with E-state index in [1.807, 2.05) is 12.1 Å². The van der Waals surface area contributed by atoms with Gasteiger partial charge in [-0.05, 0) is 23.8 Å². The Labute approximate surface area is 136 Å². The van der Waals surface area contributed by atoms with Crippen molar-refractivity contribution in [3.8, 4) is 11.6 Å². The highest BCUT2D eigenvalue weighted by atomic mass is 19.4. The average Bonchev–Trinajstić information content (AvgIpc) is 2.58. The number of methoxy groups -OCH3 is 1. The van der Waals surface area contributed by atoms with E-state index in [2.05, 4.69) is 15.0 Å². The van der Waals surface area contributed by atoms with Crippen LogP contribution < -0.4 is 14.8 Å². The summed E-state index contributed by atoms with van der Waals surface area (Å²) in [5, 5.41) is 2.69. The lowest BCUT2D eigenvalue weighted by Gasteiger charge is -2.09. The monoisotopic (exact) mass is 340 g/mol. The van der Waals surface area contributed by atoms with Crippen LogP contribution in [0.5, 0.6) is 11.6 Å². The van der Waals surface area contributed by atoms with E-state index < -0.39 is 12.8 Å². The normalized spacial score (nSPS) is 11.0. The van der Waals surface area contributed by atoms with Gasteiger partial charge >= 0.3 is 6.18 Å². The number of ether oxygens (including phenoxy) is 2. The molecule has 0 aliphatic carbocycles. The fraction of sp³-hybridized carbons (Fsp3) is 0.250. The molecular formula is C16H15F3N2O3. The van der Waals surface area contributed by atoms with Crippen molar-refractivity contribution in [1.29, 1.82) is 0 Å². The van der Waals surface area contributed by atoms with E-state index in [0.717, 1.165) is 11.8 Å². The summed E-state index contributed by atoms with van der Waals surface area (Å²) in [4.78, 5) is 15.7. The Morgan fingerprint density at radius 3 is 2.42 bits per heavy atom. The van der Waals surface area contributed by atoms with Gasteiger partial charge in [0.05, 0.1) is 12.7 Å². The highest BCUT2D eigenvalue weighted by Crippen LogP contribution is 2.17. The van der Waals surface area contributed by atoms with E-state index in [9.17, 15) is 18.0 Å². The molecule has 0 radical (unpaired) electrons. The number of nitrogens with zero attached hydrogens (tertiary/aromatic N) is 1. The molecule has 0 aliphatic rings. The minimum atomic E-state index is -4.43. The molecule has 0 fully saturated rings. The Bertz CT molecular complexity index is 670. The predicted octanol–water partition coefficient (Wildman–Crippen LogP) is 2.96. The van der Waals surface area contributed by atoms with Gasteiger partial charge in [-0.15, -0.1) is 0 Å². The summed E-state index contributed by atoms with van der Waals surface area (Å²) in [6.45, 7) is -1.13. The fourth-order valence-electron chi connectivity index (χ4n) is 1.78. The molecule has 1 aromatic carbocycles. The third-order valence-electron chi connectivity index (χ3n) is 2.99. The molecule has 0 bridgehead atoms. The molecule has 0 saturated carbocycles. The van der Waals surface area contributed by atoms with E-state index >= 15 is 0 Å². The first-order valence-corrected chi connectivity index (χ1v) is 6.94. The van der Waals surface area contributed by atoms with E-state index in [1.54, 1.807) is 19.2 Å². The van der Waals surface area contributed by atoms with Crippen molar-refractivity contribution >= 4 is 5.91 Å². The number of alkyl halides is 3. The van der Waals surface area contributed by atoms with Gasteiger partial charge in [0.25, 0.3) is 5.91 Å². The lowest BCUT2D eigenvalue weighted by Crippen LogP contribution is -2.23. The molecule has 1 N–H and O–H groups in total. The first kappa shape index (κ1) is 17.6. The van der Waals surface area contributed by atoms with E-state index in [0.29, 0.717) is 12.3 Å². The zero-order valence-electron chi connectivity index (χ0n) is 12.8. The Morgan fingerprint density at radius 1 is 1.17 bits per heavy atom. The number of halogens is 3. The van der Waals surface area contributed by atoms with E-state index in [4.69, 9.17) is 4.74 Å². The summed E-state index contributed by atoms with van der Waals surface area (Å²) in [7, 11) is 1.56. The van der Waals surface area contributed by atoms with Crippen LogP contribution in [0.2, 0.25) is 0 Å². The maximum Gasteiger partial charge on any atom is 0.422 e. The largest absolute Gasteiger partial charge is 0.497 e. The maximum absolute atomic E-state index is 12.0. The number of hydrogen-bond acceptors (Lipinski definition) is 4. The predicted molar refractivity (Wildman–Crippen MR) is 80.0 cm³/mol. The van der Waals surface area contributed by atoms with Crippen LogP contribution in [0, 0.1) is 0 Å². The highest BCUT2D eigenvalue weighted by molar-refractivity contribution is 5.93. The number of aromatic nitrogens is 1. The zero-order chi connectivity index (χ0) is 17.6. The van der Waals surface area contributed by atoms with Crippen LogP contribution >= 0.6 is 0 Å². The molecule has 8 heteroatoms. The van der Waals surface area contributed by atoms with Crippen molar-refractivity contribution in [1.82, 2.24) is 10.3 Å². The number of nitrogens with one attached hydrogen (secondary N) is 1. The minimum Gasteiger partial charge on any atom is -0.497 e. The minimum absolute atomic E-state index is 0.195.